The number of aliphatic hydroxyl groups is 1. The molecule has 0 aromatic heterocycles. The normalized spacial score (nSPS) is 35.6. The number of aromatic hydroxyl groups is 1. The second-order valence-electron chi connectivity index (χ2n) is 6.66. The van der Waals surface area contributed by atoms with Crippen LogP contribution in [0.3, 0.4) is 0 Å². The van der Waals surface area contributed by atoms with E-state index in [2.05, 4.69) is 5.29 Å². The summed E-state index contributed by atoms with van der Waals surface area (Å²) in [6, 6.07) is 4.42. The first-order chi connectivity index (χ1) is 11.0. The summed E-state index contributed by atoms with van der Waals surface area (Å²) in [6.07, 6.45) is 0.555. The quantitative estimate of drug-likeness (QED) is 0.754. The van der Waals surface area contributed by atoms with Crippen LogP contribution in [-0.2, 0) is 11.2 Å². The van der Waals surface area contributed by atoms with Crippen molar-refractivity contribution in [2.24, 2.45) is 11.2 Å². The molecule has 1 aliphatic carbocycles. The van der Waals surface area contributed by atoms with Gasteiger partial charge in [-0.2, -0.15) is 0 Å². The van der Waals surface area contributed by atoms with Gasteiger partial charge < -0.3 is 14.9 Å². The first-order valence-corrected chi connectivity index (χ1v) is 7.86. The molecule has 2 N–H and O–H groups in total. The van der Waals surface area contributed by atoms with Crippen molar-refractivity contribution in [3.05, 3.63) is 28.7 Å². The third kappa shape index (κ3) is 2.03. The lowest BCUT2D eigenvalue weighted by atomic mass is 9.65. The van der Waals surface area contributed by atoms with Crippen molar-refractivity contribution in [2.75, 3.05) is 6.54 Å². The van der Waals surface area contributed by atoms with Crippen molar-refractivity contribution < 1.29 is 19.7 Å². The van der Waals surface area contributed by atoms with Crippen LogP contribution in [0.2, 0.25) is 0 Å². The van der Waals surface area contributed by atoms with Crippen LogP contribution in [0, 0.1) is 10.8 Å². The molecule has 122 valence electrons. The SMILES string of the molecule is O=NN1CC[C@@H]2[C@H]3Oc4cc(ccc4O)C[C@@H]1[C@]2(O)CCC3=O. The zero-order chi connectivity index (χ0) is 16.2. The largest absolute Gasteiger partial charge is 0.504 e. The van der Waals surface area contributed by atoms with Gasteiger partial charge in [-0.1, -0.05) is 6.07 Å². The molecule has 2 aliphatic heterocycles. The monoisotopic (exact) mass is 318 g/mol. The van der Waals surface area contributed by atoms with Crippen LogP contribution in [0.1, 0.15) is 24.8 Å². The van der Waals surface area contributed by atoms with E-state index in [9.17, 15) is 19.9 Å². The molecule has 0 radical (unpaired) electrons. The molecule has 0 amide bonds. The fourth-order valence-electron chi connectivity index (χ4n) is 4.31. The zero-order valence-corrected chi connectivity index (χ0v) is 12.5. The molecule has 4 rings (SSSR count). The summed E-state index contributed by atoms with van der Waals surface area (Å²) < 4.78 is 5.82. The zero-order valence-electron chi connectivity index (χ0n) is 12.5. The van der Waals surface area contributed by atoms with E-state index in [4.69, 9.17) is 4.74 Å². The molecule has 3 aliphatic rings. The molecule has 23 heavy (non-hydrogen) atoms. The topological polar surface area (TPSA) is 99.4 Å². The van der Waals surface area contributed by atoms with Crippen molar-refractivity contribution in [1.82, 2.24) is 5.01 Å². The molecule has 1 aromatic rings. The number of rotatable bonds is 1. The highest BCUT2D eigenvalue weighted by molar-refractivity contribution is 5.85. The van der Waals surface area contributed by atoms with Crippen molar-refractivity contribution in [3.8, 4) is 11.5 Å². The standard InChI is InChI=1S/C16H18N2O5/c19-11-2-1-9-7-13(11)23-15-10-4-6-18(17-22)14(8-9)16(10,21)5-3-12(15)20/h1-2,7,10,14-15,19,21H,3-6,8H2/t10-,14-,15-,16+/m1/s1. The van der Waals surface area contributed by atoms with E-state index >= 15 is 0 Å². The van der Waals surface area contributed by atoms with E-state index in [1.165, 1.54) is 11.1 Å². The molecular formula is C16H18N2O5. The number of ether oxygens (including phenoxy) is 1. The van der Waals surface area contributed by atoms with Crippen LogP contribution in [0.25, 0.3) is 0 Å². The fourth-order valence-corrected chi connectivity index (χ4v) is 4.31. The summed E-state index contributed by atoms with van der Waals surface area (Å²) in [6.45, 7) is 0.385. The Hall–Kier alpha value is -2.15. The number of nitrogens with zero attached hydrogens (tertiary/aromatic N) is 2. The number of phenols is 1. The molecule has 2 heterocycles. The maximum absolute atomic E-state index is 12.4. The van der Waals surface area contributed by atoms with Crippen LogP contribution >= 0.6 is 0 Å². The average molecular weight is 318 g/mol. The summed E-state index contributed by atoms with van der Waals surface area (Å²) in [5.74, 6) is -0.251. The van der Waals surface area contributed by atoms with Gasteiger partial charge in [0.15, 0.2) is 23.4 Å². The van der Waals surface area contributed by atoms with Crippen molar-refractivity contribution >= 4 is 5.78 Å². The number of benzene rings is 1. The lowest BCUT2D eigenvalue weighted by Crippen LogP contribution is -2.67. The number of hydrogen-bond donors (Lipinski definition) is 2. The predicted molar refractivity (Wildman–Crippen MR) is 79.8 cm³/mol. The summed E-state index contributed by atoms with van der Waals surface area (Å²) in [5.41, 5.74) is -0.377. The first kappa shape index (κ1) is 14.4. The molecule has 1 aromatic carbocycles. The van der Waals surface area contributed by atoms with E-state index in [1.54, 1.807) is 12.1 Å². The van der Waals surface area contributed by atoms with Gasteiger partial charge in [-0.25, -0.2) is 0 Å². The molecular weight excluding hydrogens is 300 g/mol. The Bertz CT molecular complexity index is 678. The van der Waals surface area contributed by atoms with E-state index in [-0.39, 0.29) is 23.7 Å². The molecule has 0 unspecified atom stereocenters. The molecule has 0 spiro atoms. The lowest BCUT2D eigenvalue weighted by Gasteiger charge is -2.52. The van der Waals surface area contributed by atoms with Crippen molar-refractivity contribution in [1.29, 1.82) is 0 Å². The minimum Gasteiger partial charge on any atom is -0.504 e. The third-order valence-electron chi connectivity index (χ3n) is 5.51. The van der Waals surface area contributed by atoms with E-state index < -0.39 is 23.7 Å². The Morgan fingerprint density at radius 2 is 2.22 bits per heavy atom. The maximum Gasteiger partial charge on any atom is 0.173 e. The number of Topliss-reactive ketones (excluding diaryl/α,β-unsaturated/α-hetero) is 1. The van der Waals surface area contributed by atoms with Crippen LogP contribution in [-0.4, -0.2) is 45.3 Å². The second kappa shape index (κ2) is 4.92. The Balaban J connectivity index is 1.88. The van der Waals surface area contributed by atoms with Crippen molar-refractivity contribution in [2.45, 2.75) is 43.4 Å². The van der Waals surface area contributed by atoms with Gasteiger partial charge in [0.1, 0.15) is 0 Å². The second-order valence-corrected chi connectivity index (χ2v) is 6.66. The Labute approximate surface area is 132 Å². The third-order valence-corrected chi connectivity index (χ3v) is 5.51. The number of hydrogen-bond acceptors (Lipinski definition) is 6. The van der Waals surface area contributed by atoms with Crippen molar-refractivity contribution in [3.63, 3.8) is 0 Å². The minimum atomic E-state index is -1.20. The Morgan fingerprint density at radius 1 is 1.39 bits per heavy atom. The summed E-state index contributed by atoms with van der Waals surface area (Å²) in [7, 11) is 0. The van der Waals surface area contributed by atoms with Gasteiger partial charge in [-0.15, -0.1) is 4.91 Å². The highest BCUT2D eigenvalue weighted by Gasteiger charge is 2.58. The van der Waals surface area contributed by atoms with E-state index in [1.807, 2.05) is 0 Å². The van der Waals surface area contributed by atoms with Gasteiger partial charge in [0.05, 0.1) is 16.9 Å². The van der Waals surface area contributed by atoms with Crippen LogP contribution in [0.4, 0.5) is 0 Å². The van der Waals surface area contributed by atoms with Crippen LogP contribution in [0.15, 0.2) is 23.5 Å². The van der Waals surface area contributed by atoms with E-state index in [0.29, 0.717) is 25.8 Å². The number of piperidine rings is 1. The van der Waals surface area contributed by atoms with Crippen LogP contribution in [0.5, 0.6) is 11.5 Å². The number of carbonyl (C=O) groups excluding carboxylic acids is 1. The summed E-state index contributed by atoms with van der Waals surface area (Å²) in [4.78, 5) is 23.6. The summed E-state index contributed by atoms with van der Waals surface area (Å²) in [5, 5.41) is 25.8. The minimum absolute atomic E-state index is 0.0301. The number of nitroso groups, excluding NO2 is 1. The Morgan fingerprint density at radius 3 is 3.00 bits per heavy atom. The van der Waals surface area contributed by atoms with Gasteiger partial charge in [0, 0.05) is 18.9 Å². The molecule has 4 atom stereocenters. The van der Waals surface area contributed by atoms with Crippen LogP contribution < -0.4 is 4.74 Å². The highest BCUT2D eigenvalue weighted by Crippen LogP contribution is 2.46. The van der Waals surface area contributed by atoms with E-state index in [0.717, 1.165) is 5.56 Å². The number of carbonyl (C=O) groups is 1. The summed E-state index contributed by atoms with van der Waals surface area (Å²) >= 11 is 0. The predicted octanol–water partition coefficient (Wildman–Crippen LogP) is 1.16. The van der Waals surface area contributed by atoms with Gasteiger partial charge >= 0.3 is 0 Å². The molecule has 2 fully saturated rings. The highest BCUT2D eigenvalue weighted by atomic mass is 16.5. The first-order valence-electron chi connectivity index (χ1n) is 7.86. The lowest BCUT2D eigenvalue weighted by molar-refractivity contribution is -0.177. The molecule has 1 saturated heterocycles. The fraction of sp³-hybridized carbons (Fsp3) is 0.562. The number of fused-ring (bicyclic) bond motifs is 2. The number of ketones is 1. The smallest absolute Gasteiger partial charge is 0.173 e. The molecule has 6 bridgehead atoms. The van der Waals surface area contributed by atoms with Gasteiger partial charge in [-0.05, 0) is 37.0 Å². The number of phenolic OH excluding ortho intramolecular Hbond substituents is 1. The molecule has 1 saturated carbocycles. The molecule has 7 nitrogen and oxygen atoms in total. The average Bonchev–Trinajstić information content (AvgIpc) is 2.55. The van der Waals surface area contributed by atoms with Gasteiger partial charge in [0.25, 0.3) is 0 Å². The maximum atomic E-state index is 12.4. The van der Waals surface area contributed by atoms with Gasteiger partial charge in [0.2, 0.25) is 0 Å². The van der Waals surface area contributed by atoms with Gasteiger partial charge in [-0.3, -0.25) is 9.80 Å². The Kier molecular flexibility index (Phi) is 3.09. The molecule has 7 heteroatoms.